The zero-order chi connectivity index (χ0) is 12.7. The van der Waals surface area contributed by atoms with E-state index in [2.05, 4.69) is 10.6 Å². The topological polar surface area (TPSA) is 95.5 Å². The molecule has 0 saturated heterocycles. The molecule has 96 valence electrons. The molecule has 0 bridgehead atoms. The zero-order valence-electron chi connectivity index (χ0n) is 9.70. The monoisotopic (exact) mass is 242 g/mol. The molecule has 1 aliphatic rings. The van der Waals surface area contributed by atoms with E-state index in [1.165, 1.54) is 6.42 Å². The third-order valence-electron chi connectivity index (χ3n) is 2.84. The minimum Gasteiger partial charge on any atom is -0.480 e. The summed E-state index contributed by atoms with van der Waals surface area (Å²) in [6.45, 7) is -0.569. The van der Waals surface area contributed by atoms with Crippen LogP contribution < -0.4 is 10.6 Å². The van der Waals surface area contributed by atoms with Crippen LogP contribution in [0, 0.1) is 5.92 Å². The Bertz CT molecular complexity index is 298. The molecule has 1 fully saturated rings. The Kier molecular flexibility index (Phi) is 5.45. The first-order valence-electron chi connectivity index (χ1n) is 5.86. The Morgan fingerprint density at radius 3 is 2.24 bits per heavy atom. The highest BCUT2D eigenvalue weighted by Crippen LogP contribution is 2.23. The van der Waals surface area contributed by atoms with Crippen molar-refractivity contribution in [3.63, 3.8) is 0 Å². The highest BCUT2D eigenvalue weighted by molar-refractivity contribution is 5.87. The Hall–Kier alpha value is -1.59. The molecule has 0 aliphatic heterocycles. The van der Waals surface area contributed by atoms with Crippen LogP contribution in [0.1, 0.15) is 32.1 Å². The number of rotatable bonds is 5. The summed E-state index contributed by atoms with van der Waals surface area (Å²) in [5, 5.41) is 13.1. The summed E-state index contributed by atoms with van der Waals surface area (Å²) < 4.78 is 0. The van der Waals surface area contributed by atoms with Crippen molar-refractivity contribution >= 4 is 17.8 Å². The number of hydrogen-bond donors (Lipinski definition) is 3. The van der Waals surface area contributed by atoms with E-state index in [-0.39, 0.29) is 18.4 Å². The van der Waals surface area contributed by atoms with Crippen LogP contribution in [0.15, 0.2) is 0 Å². The number of carboxylic acids is 1. The van der Waals surface area contributed by atoms with Crippen LogP contribution in [0.25, 0.3) is 0 Å². The van der Waals surface area contributed by atoms with Crippen molar-refractivity contribution < 1.29 is 19.5 Å². The van der Waals surface area contributed by atoms with Gasteiger partial charge in [-0.2, -0.15) is 0 Å². The van der Waals surface area contributed by atoms with Crippen molar-refractivity contribution in [1.82, 2.24) is 10.6 Å². The van der Waals surface area contributed by atoms with Crippen molar-refractivity contribution in [2.45, 2.75) is 32.1 Å². The second kappa shape index (κ2) is 6.88. The molecule has 0 atom stereocenters. The zero-order valence-corrected chi connectivity index (χ0v) is 9.70. The van der Waals surface area contributed by atoms with Gasteiger partial charge in [-0.15, -0.1) is 0 Å². The van der Waals surface area contributed by atoms with Crippen LogP contribution in [0.3, 0.4) is 0 Å². The first-order chi connectivity index (χ1) is 8.09. The first-order valence-corrected chi connectivity index (χ1v) is 5.86. The number of amides is 2. The fourth-order valence-electron chi connectivity index (χ4n) is 1.91. The second-order valence-electron chi connectivity index (χ2n) is 4.22. The van der Waals surface area contributed by atoms with E-state index in [1.807, 2.05) is 0 Å². The van der Waals surface area contributed by atoms with E-state index >= 15 is 0 Å². The number of hydrogen-bond acceptors (Lipinski definition) is 3. The maximum absolute atomic E-state index is 11.6. The van der Waals surface area contributed by atoms with Gasteiger partial charge in [-0.3, -0.25) is 14.4 Å². The molecule has 0 aromatic rings. The maximum atomic E-state index is 11.6. The summed E-state index contributed by atoms with van der Waals surface area (Å²) in [5.41, 5.74) is 0. The van der Waals surface area contributed by atoms with Crippen molar-refractivity contribution in [2.75, 3.05) is 13.1 Å². The number of carbonyl (C=O) groups is 3. The fourth-order valence-corrected chi connectivity index (χ4v) is 1.91. The van der Waals surface area contributed by atoms with Crippen molar-refractivity contribution in [3.05, 3.63) is 0 Å². The average Bonchev–Trinajstić information content (AvgIpc) is 2.34. The van der Waals surface area contributed by atoms with E-state index in [9.17, 15) is 14.4 Å². The molecule has 6 nitrogen and oxygen atoms in total. The van der Waals surface area contributed by atoms with Gasteiger partial charge in [0, 0.05) is 5.92 Å². The Morgan fingerprint density at radius 2 is 1.65 bits per heavy atom. The summed E-state index contributed by atoms with van der Waals surface area (Å²) in [4.78, 5) is 33.0. The van der Waals surface area contributed by atoms with Gasteiger partial charge in [0.2, 0.25) is 11.8 Å². The van der Waals surface area contributed by atoms with Gasteiger partial charge < -0.3 is 15.7 Å². The molecule has 17 heavy (non-hydrogen) atoms. The average molecular weight is 242 g/mol. The van der Waals surface area contributed by atoms with Gasteiger partial charge in [0.15, 0.2) is 0 Å². The molecule has 3 N–H and O–H groups in total. The third kappa shape index (κ3) is 5.33. The fraction of sp³-hybridized carbons (Fsp3) is 0.727. The SMILES string of the molecule is O=C(O)CNC(=O)CNC(=O)C1CCCCC1. The van der Waals surface area contributed by atoms with Crippen molar-refractivity contribution in [1.29, 1.82) is 0 Å². The van der Waals surface area contributed by atoms with E-state index < -0.39 is 18.4 Å². The highest BCUT2D eigenvalue weighted by atomic mass is 16.4. The van der Waals surface area contributed by atoms with Gasteiger partial charge in [-0.25, -0.2) is 0 Å². The smallest absolute Gasteiger partial charge is 0.322 e. The molecule has 0 radical (unpaired) electrons. The number of nitrogens with one attached hydrogen (secondary N) is 2. The number of carboxylic acid groups (broad SMARTS) is 1. The Labute approximate surface area is 99.8 Å². The lowest BCUT2D eigenvalue weighted by Gasteiger charge is -2.20. The highest BCUT2D eigenvalue weighted by Gasteiger charge is 2.21. The van der Waals surface area contributed by atoms with Crippen LogP contribution in [-0.2, 0) is 14.4 Å². The molecule has 6 heteroatoms. The Balaban J connectivity index is 2.18. The van der Waals surface area contributed by atoms with E-state index in [0.717, 1.165) is 25.7 Å². The summed E-state index contributed by atoms with van der Waals surface area (Å²) in [5.74, 6) is -1.67. The van der Waals surface area contributed by atoms with Crippen LogP contribution >= 0.6 is 0 Å². The quantitative estimate of drug-likeness (QED) is 0.626. The van der Waals surface area contributed by atoms with Crippen molar-refractivity contribution in [3.8, 4) is 0 Å². The normalized spacial score (nSPS) is 16.2. The van der Waals surface area contributed by atoms with E-state index in [0.29, 0.717) is 0 Å². The lowest BCUT2D eigenvalue weighted by Crippen LogP contribution is -2.41. The van der Waals surface area contributed by atoms with Gasteiger partial charge in [0.25, 0.3) is 0 Å². The van der Waals surface area contributed by atoms with E-state index in [1.54, 1.807) is 0 Å². The summed E-state index contributed by atoms with van der Waals surface area (Å²) in [7, 11) is 0. The second-order valence-corrected chi connectivity index (χ2v) is 4.22. The summed E-state index contributed by atoms with van der Waals surface area (Å²) in [6.07, 6.45) is 5.04. The molecular formula is C11H18N2O4. The number of aliphatic carboxylic acids is 1. The van der Waals surface area contributed by atoms with Crippen molar-refractivity contribution in [2.24, 2.45) is 5.92 Å². The van der Waals surface area contributed by atoms with Crippen LogP contribution in [0.5, 0.6) is 0 Å². The lowest BCUT2D eigenvalue weighted by atomic mass is 9.89. The van der Waals surface area contributed by atoms with Gasteiger partial charge in [-0.05, 0) is 12.8 Å². The molecule has 0 aromatic heterocycles. The van der Waals surface area contributed by atoms with Gasteiger partial charge in [0.05, 0.1) is 6.54 Å². The van der Waals surface area contributed by atoms with Crippen LogP contribution in [-0.4, -0.2) is 36.0 Å². The van der Waals surface area contributed by atoms with Crippen LogP contribution in [0.2, 0.25) is 0 Å². The number of carbonyl (C=O) groups excluding carboxylic acids is 2. The molecule has 1 rings (SSSR count). The summed E-state index contributed by atoms with van der Waals surface area (Å²) >= 11 is 0. The lowest BCUT2D eigenvalue weighted by molar-refractivity contribution is -0.137. The van der Waals surface area contributed by atoms with E-state index in [4.69, 9.17) is 5.11 Å². The van der Waals surface area contributed by atoms with Gasteiger partial charge in [-0.1, -0.05) is 19.3 Å². The predicted molar refractivity (Wildman–Crippen MR) is 60.2 cm³/mol. The predicted octanol–water partition coefficient (Wildman–Crippen LogP) is -0.116. The molecular weight excluding hydrogens is 224 g/mol. The summed E-state index contributed by atoms with van der Waals surface area (Å²) in [6, 6.07) is 0. The first kappa shape index (κ1) is 13.5. The molecule has 1 aliphatic carbocycles. The third-order valence-corrected chi connectivity index (χ3v) is 2.84. The van der Waals surface area contributed by atoms with Gasteiger partial charge in [0.1, 0.15) is 6.54 Å². The minimum absolute atomic E-state index is 0.0102. The standard InChI is InChI=1S/C11H18N2O4/c14-9(12-7-10(15)16)6-13-11(17)8-4-2-1-3-5-8/h8H,1-7H2,(H,12,14)(H,13,17)(H,15,16). The maximum Gasteiger partial charge on any atom is 0.322 e. The minimum atomic E-state index is -1.10. The molecule has 2 amide bonds. The van der Waals surface area contributed by atoms with Crippen LogP contribution in [0.4, 0.5) is 0 Å². The molecule has 0 spiro atoms. The molecule has 0 heterocycles. The molecule has 1 saturated carbocycles. The molecule has 0 unspecified atom stereocenters. The Morgan fingerprint density at radius 1 is 1.00 bits per heavy atom. The largest absolute Gasteiger partial charge is 0.480 e. The molecule has 0 aromatic carbocycles. The van der Waals surface area contributed by atoms with Gasteiger partial charge >= 0.3 is 5.97 Å².